The topological polar surface area (TPSA) is 64.5 Å². The summed E-state index contributed by atoms with van der Waals surface area (Å²) in [5.74, 6) is 1.10. The molecule has 1 fully saturated rings. The molecule has 0 spiro atoms. The minimum absolute atomic E-state index is 0.00184. The third-order valence-electron chi connectivity index (χ3n) is 3.75. The second-order valence-corrected chi connectivity index (χ2v) is 5.95. The molecule has 0 bridgehead atoms. The predicted octanol–water partition coefficient (Wildman–Crippen LogP) is 2.58. The number of ether oxygens (including phenoxy) is 2. The lowest BCUT2D eigenvalue weighted by Gasteiger charge is -2.32. The number of benzene rings is 1. The van der Waals surface area contributed by atoms with E-state index in [1.54, 1.807) is 41.4 Å². The monoisotopic (exact) mass is 347 g/mol. The highest BCUT2D eigenvalue weighted by atomic mass is 35.5. The van der Waals surface area contributed by atoms with Crippen molar-refractivity contribution in [2.75, 3.05) is 19.7 Å². The smallest absolute Gasteiger partial charge is 0.260 e. The lowest BCUT2D eigenvalue weighted by Crippen LogP contribution is -2.46. The van der Waals surface area contributed by atoms with E-state index >= 15 is 0 Å². The molecule has 1 unspecified atom stereocenters. The van der Waals surface area contributed by atoms with Crippen LogP contribution in [0.15, 0.2) is 42.9 Å². The van der Waals surface area contributed by atoms with Crippen LogP contribution >= 0.6 is 11.6 Å². The number of carbonyl (C=O) groups excluding carboxylic acids is 1. The number of aromatic nitrogens is 2. The zero-order chi connectivity index (χ0) is 16.8. The van der Waals surface area contributed by atoms with Crippen LogP contribution in [0.5, 0.6) is 11.6 Å². The highest BCUT2D eigenvalue weighted by Crippen LogP contribution is 2.18. The van der Waals surface area contributed by atoms with E-state index in [2.05, 4.69) is 9.97 Å². The molecule has 126 valence electrons. The third-order valence-corrected chi connectivity index (χ3v) is 4.00. The van der Waals surface area contributed by atoms with Gasteiger partial charge in [-0.3, -0.25) is 4.79 Å². The van der Waals surface area contributed by atoms with Gasteiger partial charge in [-0.15, -0.1) is 0 Å². The third kappa shape index (κ3) is 4.58. The van der Waals surface area contributed by atoms with Crippen LogP contribution in [0.4, 0.5) is 0 Å². The number of halogens is 1. The second-order valence-electron chi connectivity index (χ2n) is 5.51. The first-order valence-corrected chi connectivity index (χ1v) is 8.17. The zero-order valence-electron chi connectivity index (χ0n) is 13.1. The molecule has 24 heavy (non-hydrogen) atoms. The van der Waals surface area contributed by atoms with E-state index in [4.69, 9.17) is 21.1 Å². The van der Waals surface area contributed by atoms with Crippen LogP contribution in [0.1, 0.15) is 12.8 Å². The summed E-state index contributed by atoms with van der Waals surface area (Å²) in [5, 5.41) is 0.634. The molecule has 1 aromatic carbocycles. The Balaban J connectivity index is 1.50. The maximum atomic E-state index is 12.3. The average Bonchev–Trinajstić information content (AvgIpc) is 2.62. The Morgan fingerprint density at radius 3 is 2.88 bits per heavy atom. The van der Waals surface area contributed by atoms with Crippen molar-refractivity contribution in [1.29, 1.82) is 0 Å². The van der Waals surface area contributed by atoms with Crippen molar-refractivity contribution >= 4 is 17.5 Å². The van der Waals surface area contributed by atoms with Crippen molar-refractivity contribution in [2.24, 2.45) is 0 Å². The Labute approximate surface area is 145 Å². The SMILES string of the molecule is O=C(COc1ccc(Cl)cc1)N1CCCC(Oc2ccncn2)C1. The highest BCUT2D eigenvalue weighted by Gasteiger charge is 2.25. The summed E-state index contributed by atoms with van der Waals surface area (Å²) in [6, 6.07) is 8.66. The lowest BCUT2D eigenvalue weighted by atomic mass is 10.1. The van der Waals surface area contributed by atoms with E-state index in [9.17, 15) is 4.79 Å². The Morgan fingerprint density at radius 2 is 2.12 bits per heavy atom. The zero-order valence-corrected chi connectivity index (χ0v) is 13.9. The molecule has 2 aromatic rings. The second kappa shape index (κ2) is 7.97. The summed E-state index contributed by atoms with van der Waals surface area (Å²) >= 11 is 5.83. The fourth-order valence-electron chi connectivity index (χ4n) is 2.55. The molecule has 2 heterocycles. The van der Waals surface area contributed by atoms with Crippen LogP contribution in [-0.4, -0.2) is 46.6 Å². The Morgan fingerprint density at radius 1 is 1.29 bits per heavy atom. The van der Waals surface area contributed by atoms with Crippen molar-refractivity contribution in [1.82, 2.24) is 14.9 Å². The van der Waals surface area contributed by atoms with Gasteiger partial charge >= 0.3 is 0 Å². The molecule has 1 aliphatic heterocycles. The number of piperidine rings is 1. The van der Waals surface area contributed by atoms with Crippen molar-refractivity contribution in [3.8, 4) is 11.6 Å². The molecule has 1 atom stereocenters. The van der Waals surface area contributed by atoms with Crippen molar-refractivity contribution in [3.63, 3.8) is 0 Å². The van der Waals surface area contributed by atoms with Gasteiger partial charge in [0.05, 0.1) is 6.54 Å². The van der Waals surface area contributed by atoms with Gasteiger partial charge in [-0.25, -0.2) is 9.97 Å². The fraction of sp³-hybridized carbons (Fsp3) is 0.353. The van der Waals surface area contributed by atoms with Gasteiger partial charge in [0.2, 0.25) is 5.88 Å². The number of nitrogens with zero attached hydrogens (tertiary/aromatic N) is 3. The minimum Gasteiger partial charge on any atom is -0.484 e. The lowest BCUT2D eigenvalue weighted by molar-refractivity contribution is -0.136. The number of likely N-dealkylation sites (tertiary alicyclic amines) is 1. The quantitative estimate of drug-likeness (QED) is 0.831. The van der Waals surface area contributed by atoms with Crippen LogP contribution in [0, 0.1) is 0 Å². The van der Waals surface area contributed by atoms with Gasteiger partial charge in [-0.2, -0.15) is 0 Å². The van der Waals surface area contributed by atoms with Crippen molar-refractivity contribution in [3.05, 3.63) is 47.9 Å². The van der Waals surface area contributed by atoms with Crippen molar-refractivity contribution in [2.45, 2.75) is 18.9 Å². The van der Waals surface area contributed by atoms with Crippen LogP contribution < -0.4 is 9.47 Å². The summed E-state index contributed by atoms with van der Waals surface area (Å²) in [6.07, 6.45) is 4.80. The van der Waals surface area contributed by atoms with Gasteiger partial charge in [-0.1, -0.05) is 11.6 Å². The Hall–Kier alpha value is -2.34. The van der Waals surface area contributed by atoms with E-state index in [1.807, 2.05) is 0 Å². The molecule has 1 aliphatic rings. The molecule has 7 heteroatoms. The molecule has 1 aromatic heterocycles. The van der Waals surface area contributed by atoms with Crippen LogP contribution in [0.3, 0.4) is 0 Å². The number of hydrogen-bond donors (Lipinski definition) is 0. The molecular formula is C17H18ClN3O3. The van der Waals surface area contributed by atoms with Gasteiger partial charge in [0, 0.05) is 23.8 Å². The molecule has 0 aliphatic carbocycles. The maximum Gasteiger partial charge on any atom is 0.260 e. The van der Waals surface area contributed by atoms with Gasteiger partial charge in [0.25, 0.3) is 5.91 Å². The van der Waals surface area contributed by atoms with Crippen LogP contribution in [-0.2, 0) is 4.79 Å². The van der Waals surface area contributed by atoms with E-state index < -0.39 is 0 Å². The largest absolute Gasteiger partial charge is 0.484 e. The van der Waals surface area contributed by atoms with E-state index in [1.165, 1.54) is 6.33 Å². The Bertz CT molecular complexity index is 667. The molecule has 0 saturated carbocycles. The van der Waals surface area contributed by atoms with Gasteiger partial charge in [-0.05, 0) is 37.1 Å². The Kier molecular flexibility index (Phi) is 5.48. The molecule has 3 rings (SSSR count). The first kappa shape index (κ1) is 16.5. The molecule has 0 radical (unpaired) electrons. The standard InChI is InChI=1S/C17H18ClN3O3/c18-13-3-5-14(6-4-13)23-11-17(22)21-9-1-2-15(10-21)24-16-7-8-19-12-20-16/h3-8,12,15H,1-2,9-11H2. The highest BCUT2D eigenvalue weighted by molar-refractivity contribution is 6.30. The first-order valence-electron chi connectivity index (χ1n) is 7.79. The number of rotatable bonds is 5. The van der Waals surface area contributed by atoms with E-state index in [-0.39, 0.29) is 18.6 Å². The number of hydrogen-bond acceptors (Lipinski definition) is 5. The van der Waals surface area contributed by atoms with Crippen molar-refractivity contribution < 1.29 is 14.3 Å². The summed E-state index contributed by atoms with van der Waals surface area (Å²) in [6.45, 7) is 1.25. The van der Waals surface area contributed by atoms with Gasteiger partial charge < -0.3 is 14.4 Å². The number of carbonyl (C=O) groups is 1. The molecule has 0 N–H and O–H groups in total. The molecule has 1 saturated heterocycles. The first-order chi connectivity index (χ1) is 11.7. The fourth-order valence-corrected chi connectivity index (χ4v) is 2.67. The van der Waals surface area contributed by atoms with E-state index in [0.29, 0.717) is 29.7 Å². The van der Waals surface area contributed by atoms with E-state index in [0.717, 1.165) is 12.8 Å². The van der Waals surface area contributed by atoms with Crippen LogP contribution in [0.25, 0.3) is 0 Å². The van der Waals surface area contributed by atoms with Crippen LogP contribution in [0.2, 0.25) is 5.02 Å². The summed E-state index contributed by atoms with van der Waals surface area (Å²) < 4.78 is 11.3. The normalized spacial score (nSPS) is 17.4. The molecular weight excluding hydrogens is 330 g/mol. The average molecular weight is 348 g/mol. The molecule has 6 nitrogen and oxygen atoms in total. The van der Waals surface area contributed by atoms with Gasteiger partial charge in [0.15, 0.2) is 6.61 Å². The minimum atomic E-state index is -0.0619. The summed E-state index contributed by atoms with van der Waals surface area (Å²) in [5.41, 5.74) is 0. The number of amides is 1. The maximum absolute atomic E-state index is 12.3. The van der Waals surface area contributed by atoms with Gasteiger partial charge in [0.1, 0.15) is 18.2 Å². The predicted molar refractivity (Wildman–Crippen MR) is 89.2 cm³/mol. The summed E-state index contributed by atoms with van der Waals surface area (Å²) in [7, 11) is 0. The summed E-state index contributed by atoms with van der Waals surface area (Å²) in [4.78, 5) is 22.0. The molecule has 1 amide bonds.